The molecular formula is C17H22N4O3. The molecule has 2 heterocycles. The zero-order chi connectivity index (χ0) is 16.9. The summed E-state index contributed by atoms with van der Waals surface area (Å²) in [5.41, 5.74) is 0.958. The summed E-state index contributed by atoms with van der Waals surface area (Å²) < 4.78 is 7.75. The first-order valence-corrected chi connectivity index (χ1v) is 8.13. The minimum atomic E-state index is -0.782. The summed E-state index contributed by atoms with van der Waals surface area (Å²) >= 11 is 0. The number of carboxylic acid groups (broad SMARTS) is 1. The van der Waals surface area contributed by atoms with E-state index in [-0.39, 0.29) is 6.54 Å². The van der Waals surface area contributed by atoms with Crippen LogP contribution in [0.1, 0.15) is 6.92 Å². The number of aliphatic carboxylic acids is 1. The molecule has 0 spiro atoms. The Morgan fingerprint density at radius 3 is 2.71 bits per heavy atom. The minimum absolute atomic E-state index is 0.0927. The van der Waals surface area contributed by atoms with Gasteiger partial charge < -0.3 is 14.7 Å². The monoisotopic (exact) mass is 330 g/mol. The van der Waals surface area contributed by atoms with Gasteiger partial charge in [-0.25, -0.2) is 4.98 Å². The first-order valence-electron chi connectivity index (χ1n) is 8.13. The quantitative estimate of drug-likeness (QED) is 0.865. The number of hydrogen-bond acceptors (Lipinski definition) is 5. The molecule has 24 heavy (non-hydrogen) atoms. The highest BCUT2D eigenvalue weighted by Gasteiger charge is 2.22. The molecule has 1 aliphatic heterocycles. The van der Waals surface area contributed by atoms with E-state index in [1.807, 2.05) is 46.9 Å². The Kier molecular flexibility index (Phi) is 5.00. The summed E-state index contributed by atoms with van der Waals surface area (Å²) in [5.74, 6) is 0.900. The van der Waals surface area contributed by atoms with Gasteiger partial charge in [0, 0.05) is 38.6 Å². The van der Waals surface area contributed by atoms with Crippen LogP contribution in [0.25, 0.3) is 5.69 Å². The van der Waals surface area contributed by atoms with Gasteiger partial charge in [-0.3, -0.25) is 14.3 Å². The Morgan fingerprint density at radius 2 is 2.00 bits per heavy atom. The van der Waals surface area contributed by atoms with Crippen LogP contribution in [-0.2, 0) is 4.79 Å². The number of para-hydroxylation sites is 2. The Labute approximate surface area is 141 Å². The lowest BCUT2D eigenvalue weighted by molar-refractivity contribution is -0.138. The molecule has 1 saturated heterocycles. The number of nitrogens with zero attached hydrogens (tertiary/aromatic N) is 4. The fourth-order valence-electron chi connectivity index (χ4n) is 2.95. The van der Waals surface area contributed by atoms with Gasteiger partial charge in [-0.2, -0.15) is 0 Å². The van der Waals surface area contributed by atoms with E-state index in [0.29, 0.717) is 19.7 Å². The molecule has 1 fully saturated rings. The molecule has 0 aliphatic carbocycles. The lowest BCUT2D eigenvalue weighted by atomic mass is 10.3. The van der Waals surface area contributed by atoms with Gasteiger partial charge >= 0.3 is 5.97 Å². The molecule has 0 radical (unpaired) electrons. The van der Waals surface area contributed by atoms with Crippen molar-refractivity contribution in [2.24, 2.45) is 0 Å². The predicted octanol–water partition coefficient (Wildman–Crippen LogP) is 1.48. The normalized spacial score (nSPS) is 15.5. The number of benzene rings is 1. The third-order valence-corrected chi connectivity index (χ3v) is 4.06. The third kappa shape index (κ3) is 3.51. The highest BCUT2D eigenvalue weighted by Crippen LogP contribution is 2.27. The average Bonchev–Trinajstić information content (AvgIpc) is 3.05. The van der Waals surface area contributed by atoms with Gasteiger partial charge in [0.1, 0.15) is 5.75 Å². The van der Waals surface area contributed by atoms with Gasteiger partial charge in [-0.1, -0.05) is 12.1 Å². The summed E-state index contributed by atoms with van der Waals surface area (Å²) in [6.45, 7) is 5.60. The second kappa shape index (κ2) is 7.35. The van der Waals surface area contributed by atoms with E-state index < -0.39 is 5.97 Å². The van der Waals surface area contributed by atoms with Crippen molar-refractivity contribution in [2.75, 3.05) is 44.2 Å². The van der Waals surface area contributed by atoms with Gasteiger partial charge in [0.25, 0.3) is 0 Å². The first-order chi connectivity index (χ1) is 11.7. The maximum absolute atomic E-state index is 10.8. The standard InChI is InChI=1S/C17H22N4O3/c1-2-24-15-6-4-3-5-14(15)21-8-7-18-17(21)20-11-9-19(10-12-20)13-16(22)23/h3-8H,2,9-13H2,1H3,(H,22,23). The van der Waals surface area contributed by atoms with Crippen molar-refractivity contribution < 1.29 is 14.6 Å². The minimum Gasteiger partial charge on any atom is -0.492 e. The zero-order valence-corrected chi connectivity index (χ0v) is 13.8. The van der Waals surface area contributed by atoms with Crippen LogP contribution in [0.2, 0.25) is 0 Å². The summed E-state index contributed by atoms with van der Waals surface area (Å²) in [5, 5.41) is 8.90. The van der Waals surface area contributed by atoms with E-state index in [4.69, 9.17) is 9.84 Å². The Morgan fingerprint density at radius 1 is 1.25 bits per heavy atom. The van der Waals surface area contributed by atoms with Crippen molar-refractivity contribution in [3.8, 4) is 11.4 Å². The summed E-state index contributed by atoms with van der Waals surface area (Å²) in [6.07, 6.45) is 3.71. The van der Waals surface area contributed by atoms with Gasteiger partial charge in [0.2, 0.25) is 5.95 Å². The van der Waals surface area contributed by atoms with Gasteiger partial charge in [0.05, 0.1) is 18.8 Å². The van der Waals surface area contributed by atoms with Gasteiger partial charge in [0.15, 0.2) is 0 Å². The van der Waals surface area contributed by atoms with E-state index in [0.717, 1.165) is 30.5 Å². The third-order valence-electron chi connectivity index (χ3n) is 4.06. The maximum atomic E-state index is 10.8. The van der Waals surface area contributed by atoms with E-state index in [1.54, 1.807) is 6.20 Å². The molecule has 0 unspecified atom stereocenters. The van der Waals surface area contributed by atoms with Gasteiger partial charge in [-0.05, 0) is 19.1 Å². The fourth-order valence-corrected chi connectivity index (χ4v) is 2.95. The molecule has 1 aliphatic rings. The average molecular weight is 330 g/mol. The van der Waals surface area contributed by atoms with Crippen LogP contribution in [0, 0.1) is 0 Å². The fraction of sp³-hybridized carbons (Fsp3) is 0.412. The number of ether oxygens (including phenoxy) is 1. The van der Waals surface area contributed by atoms with E-state index in [2.05, 4.69) is 9.88 Å². The van der Waals surface area contributed by atoms with Gasteiger partial charge in [-0.15, -0.1) is 0 Å². The largest absolute Gasteiger partial charge is 0.492 e. The molecule has 1 aromatic carbocycles. The highest BCUT2D eigenvalue weighted by atomic mass is 16.5. The summed E-state index contributed by atoms with van der Waals surface area (Å²) in [4.78, 5) is 19.5. The smallest absolute Gasteiger partial charge is 0.317 e. The number of aromatic nitrogens is 2. The van der Waals surface area contributed by atoms with Crippen LogP contribution in [0.4, 0.5) is 5.95 Å². The number of rotatable bonds is 6. The molecule has 0 saturated carbocycles. The lowest BCUT2D eigenvalue weighted by Crippen LogP contribution is -2.48. The first kappa shape index (κ1) is 16.3. The van der Waals surface area contributed by atoms with Crippen LogP contribution in [0.3, 0.4) is 0 Å². The van der Waals surface area contributed by atoms with Crippen molar-refractivity contribution in [3.63, 3.8) is 0 Å². The van der Waals surface area contributed by atoms with Crippen molar-refractivity contribution in [1.82, 2.24) is 14.5 Å². The SMILES string of the molecule is CCOc1ccccc1-n1ccnc1N1CCN(CC(=O)O)CC1. The Hall–Kier alpha value is -2.54. The second-order valence-corrected chi connectivity index (χ2v) is 5.65. The molecular weight excluding hydrogens is 308 g/mol. The van der Waals surface area contributed by atoms with Crippen LogP contribution in [0.5, 0.6) is 5.75 Å². The summed E-state index contributed by atoms with van der Waals surface area (Å²) in [6, 6.07) is 7.90. The highest BCUT2D eigenvalue weighted by molar-refractivity contribution is 5.69. The molecule has 3 rings (SSSR count). The Bertz CT molecular complexity index is 693. The van der Waals surface area contributed by atoms with E-state index >= 15 is 0 Å². The predicted molar refractivity (Wildman–Crippen MR) is 91.0 cm³/mol. The molecule has 7 heteroatoms. The summed E-state index contributed by atoms with van der Waals surface area (Å²) in [7, 11) is 0. The van der Waals surface area contributed by atoms with Crippen molar-refractivity contribution in [2.45, 2.75) is 6.92 Å². The lowest BCUT2D eigenvalue weighted by Gasteiger charge is -2.34. The number of carboxylic acids is 1. The second-order valence-electron chi connectivity index (χ2n) is 5.65. The molecule has 1 aromatic heterocycles. The molecule has 1 N–H and O–H groups in total. The molecule has 2 aromatic rings. The van der Waals surface area contributed by atoms with Crippen LogP contribution >= 0.6 is 0 Å². The van der Waals surface area contributed by atoms with Crippen molar-refractivity contribution in [1.29, 1.82) is 0 Å². The number of anilines is 1. The molecule has 7 nitrogen and oxygen atoms in total. The van der Waals surface area contributed by atoms with Crippen molar-refractivity contribution in [3.05, 3.63) is 36.7 Å². The number of imidazole rings is 1. The van der Waals surface area contributed by atoms with E-state index in [9.17, 15) is 4.79 Å². The molecule has 0 amide bonds. The van der Waals surface area contributed by atoms with Crippen LogP contribution in [-0.4, -0.2) is 64.9 Å². The number of carbonyl (C=O) groups is 1. The number of piperazine rings is 1. The zero-order valence-electron chi connectivity index (χ0n) is 13.8. The van der Waals surface area contributed by atoms with Crippen molar-refractivity contribution >= 4 is 11.9 Å². The number of hydrogen-bond donors (Lipinski definition) is 1. The Balaban J connectivity index is 1.78. The van der Waals surface area contributed by atoms with Crippen LogP contribution < -0.4 is 9.64 Å². The molecule has 0 atom stereocenters. The molecule has 0 bridgehead atoms. The maximum Gasteiger partial charge on any atom is 0.317 e. The van der Waals surface area contributed by atoms with E-state index in [1.165, 1.54) is 0 Å². The topological polar surface area (TPSA) is 70.8 Å². The van der Waals surface area contributed by atoms with Crippen LogP contribution in [0.15, 0.2) is 36.7 Å². The molecule has 128 valence electrons.